The van der Waals surface area contributed by atoms with E-state index in [1.54, 1.807) is 19.1 Å². The largest absolute Gasteiger partial charge is 0.389 e. The first-order valence-corrected chi connectivity index (χ1v) is 7.44. The zero-order valence-electron chi connectivity index (χ0n) is 10.5. The van der Waals surface area contributed by atoms with Crippen molar-refractivity contribution in [3.8, 4) is 0 Å². The summed E-state index contributed by atoms with van der Waals surface area (Å²) in [5, 5.41) is 3.53. The van der Waals surface area contributed by atoms with Crippen molar-refractivity contribution in [2.45, 2.75) is 18.4 Å². The van der Waals surface area contributed by atoms with Crippen LogP contribution < -0.4 is 10.5 Å². The van der Waals surface area contributed by atoms with E-state index >= 15 is 0 Å². The summed E-state index contributed by atoms with van der Waals surface area (Å²) in [6.45, 7) is 1.63. The number of rotatable bonds is 5. The summed E-state index contributed by atoms with van der Waals surface area (Å²) >= 11 is 4.85. The van der Waals surface area contributed by atoms with E-state index in [2.05, 4.69) is 19.4 Å². The molecule has 0 amide bonds. The van der Waals surface area contributed by atoms with Crippen LogP contribution >= 0.6 is 12.2 Å². The highest BCUT2D eigenvalue weighted by molar-refractivity contribution is 7.89. The highest BCUT2D eigenvalue weighted by Crippen LogP contribution is 2.17. The molecule has 1 heterocycles. The van der Waals surface area contributed by atoms with E-state index in [1.165, 1.54) is 6.07 Å². The number of benzene rings is 1. The number of nitrogens with one attached hydrogen (secondary N) is 1. The monoisotopic (exact) mass is 312 g/mol. The molecule has 0 radical (unpaired) electrons. The minimum absolute atomic E-state index is 0.0599. The molecule has 20 heavy (non-hydrogen) atoms. The van der Waals surface area contributed by atoms with Gasteiger partial charge >= 0.3 is 0 Å². The second kappa shape index (κ2) is 5.65. The number of aryl methyl sites for hydroxylation is 1. The average Bonchev–Trinajstić information content (AvgIpc) is 2.89. The molecule has 0 unspecified atom stereocenters. The van der Waals surface area contributed by atoms with Gasteiger partial charge in [-0.2, -0.15) is 4.98 Å². The molecule has 3 N–H and O–H groups in total. The van der Waals surface area contributed by atoms with Crippen LogP contribution in [0.25, 0.3) is 0 Å². The van der Waals surface area contributed by atoms with Crippen LogP contribution in [0.1, 0.15) is 17.0 Å². The van der Waals surface area contributed by atoms with Gasteiger partial charge in [0.25, 0.3) is 0 Å². The van der Waals surface area contributed by atoms with Crippen LogP contribution in [0.4, 0.5) is 0 Å². The molecule has 7 nitrogen and oxygen atoms in total. The zero-order valence-corrected chi connectivity index (χ0v) is 12.2. The number of nitrogens with two attached hydrogens (primary N) is 1. The van der Waals surface area contributed by atoms with Gasteiger partial charge in [-0.25, -0.2) is 13.1 Å². The molecular formula is C11H12N4O3S2. The maximum Gasteiger partial charge on any atom is 0.241 e. The molecule has 0 spiro atoms. The van der Waals surface area contributed by atoms with Gasteiger partial charge in [0.1, 0.15) is 4.99 Å². The van der Waals surface area contributed by atoms with E-state index in [0.717, 1.165) is 6.39 Å². The van der Waals surface area contributed by atoms with E-state index in [-0.39, 0.29) is 22.3 Å². The lowest BCUT2D eigenvalue weighted by Gasteiger charge is -2.09. The van der Waals surface area contributed by atoms with Crippen LogP contribution in [-0.2, 0) is 16.6 Å². The molecule has 0 aliphatic carbocycles. The van der Waals surface area contributed by atoms with E-state index in [0.29, 0.717) is 11.1 Å². The molecule has 0 aliphatic heterocycles. The average molecular weight is 312 g/mol. The smallest absolute Gasteiger partial charge is 0.241 e. The molecule has 0 bridgehead atoms. The fourth-order valence-corrected chi connectivity index (χ4v) is 2.93. The van der Waals surface area contributed by atoms with Gasteiger partial charge < -0.3 is 10.3 Å². The van der Waals surface area contributed by atoms with Gasteiger partial charge in [0, 0.05) is 5.56 Å². The van der Waals surface area contributed by atoms with Crippen molar-refractivity contribution in [1.29, 1.82) is 0 Å². The molecule has 9 heteroatoms. The third-order valence-corrected chi connectivity index (χ3v) is 4.37. The number of hydrogen-bond donors (Lipinski definition) is 2. The Morgan fingerprint density at radius 2 is 2.25 bits per heavy atom. The van der Waals surface area contributed by atoms with Crippen molar-refractivity contribution in [3.63, 3.8) is 0 Å². The van der Waals surface area contributed by atoms with Gasteiger partial charge in [0.15, 0.2) is 5.82 Å². The lowest BCUT2D eigenvalue weighted by molar-refractivity contribution is 0.409. The fourth-order valence-electron chi connectivity index (χ4n) is 1.55. The summed E-state index contributed by atoms with van der Waals surface area (Å²) in [5.41, 5.74) is 6.59. The molecule has 0 aliphatic rings. The summed E-state index contributed by atoms with van der Waals surface area (Å²) in [4.78, 5) is 3.99. The maximum atomic E-state index is 12.2. The number of nitrogens with zero attached hydrogens (tertiary/aromatic N) is 2. The molecule has 0 saturated carbocycles. The maximum absolute atomic E-state index is 12.2. The van der Waals surface area contributed by atoms with E-state index in [1.807, 2.05) is 0 Å². The third-order valence-electron chi connectivity index (χ3n) is 2.59. The van der Waals surface area contributed by atoms with Crippen LogP contribution in [-0.4, -0.2) is 23.5 Å². The highest BCUT2D eigenvalue weighted by Gasteiger charge is 2.18. The second-order valence-corrected chi connectivity index (χ2v) is 6.19. The lowest BCUT2D eigenvalue weighted by Crippen LogP contribution is -2.25. The third kappa shape index (κ3) is 3.18. The quantitative estimate of drug-likeness (QED) is 0.773. The normalized spacial score (nSPS) is 11.4. The molecular weight excluding hydrogens is 300 g/mol. The molecule has 1 aromatic carbocycles. The number of hydrogen-bond acceptors (Lipinski definition) is 6. The SMILES string of the molecule is Cc1ccc(C(N)=S)cc1S(=O)(=O)NCc1ncon1. The summed E-state index contributed by atoms with van der Waals surface area (Å²) < 4.78 is 31.4. The van der Waals surface area contributed by atoms with Gasteiger partial charge in [-0.15, -0.1) is 0 Å². The Hall–Kier alpha value is -1.84. The molecule has 2 rings (SSSR count). The first-order chi connectivity index (χ1) is 9.40. The number of aromatic nitrogens is 2. The zero-order chi connectivity index (χ0) is 14.8. The Morgan fingerprint density at radius 1 is 1.50 bits per heavy atom. The minimum Gasteiger partial charge on any atom is -0.389 e. The Balaban J connectivity index is 2.28. The first kappa shape index (κ1) is 14.6. The first-order valence-electron chi connectivity index (χ1n) is 5.55. The summed E-state index contributed by atoms with van der Waals surface area (Å²) in [7, 11) is -3.71. The van der Waals surface area contributed by atoms with E-state index in [9.17, 15) is 8.42 Å². The van der Waals surface area contributed by atoms with Gasteiger partial charge in [0.05, 0.1) is 11.4 Å². The second-order valence-electron chi connectivity index (χ2n) is 4.02. The van der Waals surface area contributed by atoms with Crippen LogP contribution in [0.2, 0.25) is 0 Å². The molecule has 2 aromatic rings. The molecule has 106 valence electrons. The number of thiocarbonyl (C=S) groups is 1. The topological polar surface area (TPSA) is 111 Å². The Morgan fingerprint density at radius 3 is 2.85 bits per heavy atom. The van der Waals surface area contributed by atoms with Gasteiger partial charge in [0.2, 0.25) is 16.4 Å². The van der Waals surface area contributed by atoms with Crippen molar-refractivity contribution < 1.29 is 12.9 Å². The van der Waals surface area contributed by atoms with Crippen molar-refractivity contribution in [2.24, 2.45) is 5.73 Å². The van der Waals surface area contributed by atoms with Crippen molar-refractivity contribution in [1.82, 2.24) is 14.9 Å². The van der Waals surface area contributed by atoms with Crippen LogP contribution in [0.15, 0.2) is 34.0 Å². The molecule has 1 aromatic heterocycles. The molecule has 0 fully saturated rings. The predicted octanol–water partition coefficient (Wildman–Crippen LogP) is 0.491. The van der Waals surface area contributed by atoms with Crippen molar-refractivity contribution in [3.05, 3.63) is 41.5 Å². The molecule has 0 saturated heterocycles. The van der Waals surface area contributed by atoms with Crippen molar-refractivity contribution in [2.75, 3.05) is 0 Å². The highest BCUT2D eigenvalue weighted by atomic mass is 32.2. The minimum atomic E-state index is -3.71. The standard InChI is InChI=1S/C11H12N4O3S2/c1-7-2-3-8(11(12)19)4-9(7)20(16,17)14-5-10-13-6-18-15-10/h2-4,6,14H,5H2,1H3,(H2,12,19). The van der Waals surface area contributed by atoms with E-state index in [4.69, 9.17) is 18.0 Å². The summed E-state index contributed by atoms with van der Waals surface area (Å²) in [5.74, 6) is 0.247. The van der Waals surface area contributed by atoms with Gasteiger partial charge in [-0.3, -0.25) is 0 Å². The summed E-state index contributed by atoms with van der Waals surface area (Å²) in [6, 6.07) is 4.77. The summed E-state index contributed by atoms with van der Waals surface area (Å²) in [6.07, 6.45) is 1.13. The Kier molecular flexibility index (Phi) is 4.12. The van der Waals surface area contributed by atoms with Crippen LogP contribution in [0, 0.1) is 6.92 Å². The van der Waals surface area contributed by atoms with Crippen LogP contribution in [0.5, 0.6) is 0 Å². The van der Waals surface area contributed by atoms with Gasteiger partial charge in [-0.1, -0.05) is 29.5 Å². The Labute approximate surface area is 121 Å². The predicted molar refractivity (Wildman–Crippen MR) is 75.4 cm³/mol. The van der Waals surface area contributed by atoms with Gasteiger partial charge in [-0.05, 0) is 18.6 Å². The molecule has 0 atom stereocenters. The van der Waals surface area contributed by atoms with E-state index < -0.39 is 10.0 Å². The fraction of sp³-hybridized carbons (Fsp3) is 0.182. The van der Waals surface area contributed by atoms with Crippen molar-refractivity contribution >= 4 is 27.2 Å². The Bertz CT molecular complexity index is 726. The lowest BCUT2D eigenvalue weighted by atomic mass is 10.1. The van der Waals surface area contributed by atoms with Crippen LogP contribution in [0.3, 0.4) is 0 Å². The number of sulfonamides is 1.